The summed E-state index contributed by atoms with van der Waals surface area (Å²) < 4.78 is 5.92. The molecule has 0 unspecified atom stereocenters. The summed E-state index contributed by atoms with van der Waals surface area (Å²) in [5, 5.41) is 17.2. The van der Waals surface area contributed by atoms with Crippen molar-refractivity contribution < 1.29 is 4.52 Å². The van der Waals surface area contributed by atoms with Gasteiger partial charge in [0, 0.05) is 28.9 Å². The standard InChI is InChI=1S/C27H30N4OS.2ClH/c1-30(2)18-25-23-6-4-3-5-20(23)15-24-26(29-32-27(24)25)10-7-19-11-13-31(14-12-19)17-22-9-8-21(16-28)33-22;;/h3-6,8-9,15,19H,7,10-14,17-18H2,1-2H3;2*1H. The van der Waals surface area contributed by atoms with Crippen LogP contribution in [0.2, 0.25) is 0 Å². The Morgan fingerprint density at radius 3 is 2.60 bits per heavy atom. The molecule has 0 radical (unpaired) electrons. The van der Waals surface area contributed by atoms with E-state index in [1.165, 1.54) is 39.4 Å². The van der Waals surface area contributed by atoms with E-state index in [9.17, 15) is 0 Å². The van der Waals surface area contributed by atoms with Gasteiger partial charge in [-0.2, -0.15) is 5.26 Å². The average Bonchev–Trinajstić information content (AvgIpc) is 3.45. The summed E-state index contributed by atoms with van der Waals surface area (Å²) >= 11 is 1.62. The summed E-state index contributed by atoms with van der Waals surface area (Å²) in [6, 6.07) is 17.1. The second kappa shape index (κ2) is 12.2. The Hall–Kier alpha value is -2.14. The predicted molar refractivity (Wildman–Crippen MR) is 149 cm³/mol. The minimum atomic E-state index is 0. The number of thiophene rings is 1. The van der Waals surface area contributed by atoms with E-state index in [4.69, 9.17) is 9.78 Å². The molecule has 0 aliphatic carbocycles. The maximum Gasteiger partial charge on any atom is 0.172 e. The Morgan fingerprint density at radius 2 is 1.89 bits per heavy atom. The highest BCUT2D eigenvalue weighted by atomic mass is 35.5. The van der Waals surface area contributed by atoms with E-state index in [0.717, 1.165) is 61.1 Å². The zero-order valence-electron chi connectivity index (χ0n) is 20.2. The molecule has 1 aliphatic heterocycles. The summed E-state index contributed by atoms with van der Waals surface area (Å²) in [4.78, 5) is 6.81. The Labute approximate surface area is 223 Å². The molecule has 2 aromatic carbocycles. The number of benzene rings is 2. The van der Waals surface area contributed by atoms with Gasteiger partial charge < -0.3 is 9.42 Å². The fourth-order valence-corrected chi connectivity index (χ4v) is 5.89. The third kappa shape index (κ3) is 6.17. The molecule has 35 heavy (non-hydrogen) atoms. The molecule has 2 aromatic heterocycles. The van der Waals surface area contributed by atoms with Crippen LogP contribution in [-0.2, 0) is 19.5 Å². The number of nitrogens with zero attached hydrogens (tertiary/aromatic N) is 4. The number of aryl methyl sites for hydroxylation is 1. The third-order valence-electron chi connectivity index (χ3n) is 6.78. The van der Waals surface area contributed by atoms with E-state index in [1.54, 1.807) is 11.3 Å². The van der Waals surface area contributed by atoms with E-state index in [1.807, 2.05) is 6.07 Å². The maximum atomic E-state index is 9.03. The highest BCUT2D eigenvalue weighted by molar-refractivity contribution is 7.12. The van der Waals surface area contributed by atoms with E-state index < -0.39 is 0 Å². The molecule has 0 atom stereocenters. The van der Waals surface area contributed by atoms with Crippen molar-refractivity contribution >= 4 is 57.9 Å². The van der Waals surface area contributed by atoms with Crippen LogP contribution < -0.4 is 0 Å². The molecule has 8 heteroatoms. The van der Waals surface area contributed by atoms with Crippen LogP contribution in [0, 0.1) is 17.2 Å². The Bertz CT molecular complexity index is 1300. The number of likely N-dealkylation sites (tertiary alicyclic amines) is 1. The van der Waals surface area contributed by atoms with Crippen molar-refractivity contribution in [3.05, 3.63) is 63.5 Å². The van der Waals surface area contributed by atoms with Crippen LogP contribution in [0.1, 0.15) is 40.3 Å². The van der Waals surface area contributed by atoms with Crippen LogP contribution in [0.3, 0.4) is 0 Å². The molecule has 5 nitrogen and oxygen atoms in total. The van der Waals surface area contributed by atoms with Crippen LogP contribution in [0.25, 0.3) is 21.7 Å². The van der Waals surface area contributed by atoms with Crippen LogP contribution >= 0.6 is 36.2 Å². The molecule has 1 fully saturated rings. The molecule has 4 aromatic rings. The minimum absolute atomic E-state index is 0. The summed E-state index contributed by atoms with van der Waals surface area (Å²) in [5.74, 6) is 0.729. The first-order valence-electron chi connectivity index (χ1n) is 11.8. The van der Waals surface area contributed by atoms with Crippen molar-refractivity contribution in [3.8, 4) is 6.07 Å². The predicted octanol–water partition coefficient (Wildman–Crippen LogP) is 6.66. The minimum Gasteiger partial charge on any atom is -0.356 e. The Balaban J connectivity index is 0.00000171. The number of fused-ring (bicyclic) bond motifs is 2. The lowest BCUT2D eigenvalue weighted by molar-refractivity contribution is 0.173. The van der Waals surface area contributed by atoms with Crippen molar-refractivity contribution in [2.45, 2.75) is 38.8 Å². The molecule has 0 N–H and O–H groups in total. The van der Waals surface area contributed by atoms with Crippen LogP contribution in [0.5, 0.6) is 0 Å². The van der Waals surface area contributed by atoms with Crippen LogP contribution in [0.15, 0.2) is 47.0 Å². The van der Waals surface area contributed by atoms with Gasteiger partial charge in [0.1, 0.15) is 10.9 Å². The number of aromatic nitrogens is 1. The van der Waals surface area contributed by atoms with Gasteiger partial charge in [-0.25, -0.2) is 0 Å². The fourth-order valence-electron chi connectivity index (χ4n) is 5.04. The van der Waals surface area contributed by atoms with Gasteiger partial charge in [0.25, 0.3) is 0 Å². The fraction of sp³-hybridized carbons (Fsp3) is 0.407. The van der Waals surface area contributed by atoms with Gasteiger partial charge >= 0.3 is 0 Å². The number of rotatable bonds is 7. The number of nitriles is 1. The van der Waals surface area contributed by atoms with Gasteiger partial charge in [-0.1, -0.05) is 29.4 Å². The first kappa shape index (κ1) is 27.4. The molecule has 0 amide bonds. The number of hydrogen-bond donors (Lipinski definition) is 0. The average molecular weight is 532 g/mol. The quantitative estimate of drug-likeness (QED) is 0.267. The van der Waals surface area contributed by atoms with Gasteiger partial charge in [0.15, 0.2) is 5.58 Å². The molecule has 186 valence electrons. The normalized spacial score (nSPS) is 14.7. The van der Waals surface area contributed by atoms with Gasteiger partial charge in [-0.3, -0.25) is 4.90 Å². The van der Waals surface area contributed by atoms with Crippen molar-refractivity contribution in [1.82, 2.24) is 15.0 Å². The van der Waals surface area contributed by atoms with Gasteiger partial charge in [0.05, 0.1) is 5.69 Å². The lowest BCUT2D eigenvalue weighted by atomic mass is 9.90. The zero-order valence-corrected chi connectivity index (χ0v) is 22.6. The van der Waals surface area contributed by atoms with Gasteiger partial charge in [-0.15, -0.1) is 36.2 Å². The van der Waals surface area contributed by atoms with E-state index in [-0.39, 0.29) is 24.8 Å². The van der Waals surface area contributed by atoms with Crippen LogP contribution in [0.4, 0.5) is 0 Å². The molecule has 3 heterocycles. The van der Waals surface area contributed by atoms with E-state index in [0.29, 0.717) is 0 Å². The van der Waals surface area contributed by atoms with Gasteiger partial charge in [-0.05, 0) is 87.8 Å². The first-order chi connectivity index (χ1) is 16.1. The Kier molecular flexibility index (Phi) is 9.57. The highest BCUT2D eigenvalue weighted by Gasteiger charge is 2.22. The number of halogens is 2. The molecular formula is C27H32Cl2N4OS. The van der Waals surface area contributed by atoms with E-state index >= 15 is 0 Å². The maximum absolute atomic E-state index is 9.03. The molecule has 0 saturated carbocycles. The second-order valence-electron chi connectivity index (χ2n) is 9.46. The SMILES string of the molecule is CN(C)Cc1c2ccccc2cc2c(CCC3CCN(Cc4ccc(C#N)s4)CC3)noc12.Cl.Cl. The summed E-state index contributed by atoms with van der Waals surface area (Å²) in [7, 11) is 4.19. The molecule has 0 spiro atoms. The summed E-state index contributed by atoms with van der Waals surface area (Å²) in [6.07, 6.45) is 4.57. The third-order valence-corrected chi connectivity index (χ3v) is 7.76. The van der Waals surface area contributed by atoms with Crippen molar-refractivity contribution in [2.24, 2.45) is 5.92 Å². The summed E-state index contributed by atoms with van der Waals surface area (Å²) in [6.45, 7) is 4.06. The topological polar surface area (TPSA) is 56.3 Å². The lowest BCUT2D eigenvalue weighted by Crippen LogP contribution is -2.33. The number of hydrogen-bond acceptors (Lipinski definition) is 6. The number of piperidine rings is 1. The smallest absolute Gasteiger partial charge is 0.172 e. The molecule has 5 rings (SSSR count). The van der Waals surface area contributed by atoms with Gasteiger partial charge in [0.2, 0.25) is 0 Å². The first-order valence-corrected chi connectivity index (χ1v) is 12.6. The largest absolute Gasteiger partial charge is 0.356 e. The molecule has 1 aliphatic rings. The highest BCUT2D eigenvalue weighted by Crippen LogP contribution is 2.33. The van der Waals surface area contributed by atoms with Crippen LogP contribution in [-0.4, -0.2) is 42.1 Å². The molecule has 0 bridgehead atoms. The van der Waals surface area contributed by atoms with Crippen molar-refractivity contribution in [3.63, 3.8) is 0 Å². The summed E-state index contributed by atoms with van der Waals surface area (Å²) in [5.41, 5.74) is 3.27. The Morgan fingerprint density at radius 1 is 1.11 bits per heavy atom. The molecular weight excluding hydrogens is 499 g/mol. The zero-order chi connectivity index (χ0) is 22.8. The van der Waals surface area contributed by atoms with Crippen molar-refractivity contribution in [1.29, 1.82) is 5.26 Å². The molecule has 1 saturated heterocycles. The second-order valence-corrected chi connectivity index (χ2v) is 10.6. The van der Waals surface area contributed by atoms with Crippen molar-refractivity contribution in [2.75, 3.05) is 27.2 Å². The lowest BCUT2D eigenvalue weighted by Gasteiger charge is -2.31. The van der Waals surface area contributed by atoms with E-state index in [2.05, 4.69) is 71.5 Å². The monoisotopic (exact) mass is 530 g/mol.